The minimum atomic E-state index is 0.554. The van der Waals surface area contributed by atoms with Crippen LogP contribution in [-0.2, 0) is 6.42 Å². The first-order valence-corrected chi connectivity index (χ1v) is 7.13. The van der Waals surface area contributed by atoms with Crippen LogP contribution >= 0.6 is 11.3 Å². The van der Waals surface area contributed by atoms with Crippen LogP contribution in [0, 0.1) is 0 Å². The first-order chi connectivity index (χ1) is 8.74. The fourth-order valence-electron chi connectivity index (χ4n) is 2.15. The van der Waals surface area contributed by atoms with Gasteiger partial charge in [0.1, 0.15) is 0 Å². The zero-order valence-electron chi connectivity index (χ0n) is 10.7. The minimum absolute atomic E-state index is 0.554. The van der Waals surface area contributed by atoms with E-state index in [0.717, 1.165) is 17.9 Å². The number of aromatic nitrogens is 2. The molecule has 94 valence electrons. The number of imidazole rings is 1. The van der Waals surface area contributed by atoms with Gasteiger partial charge >= 0.3 is 0 Å². The molecule has 0 aliphatic heterocycles. The second kappa shape index (κ2) is 4.71. The summed E-state index contributed by atoms with van der Waals surface area (Å²) in [5.41, 5.74) is 2.65. The summed E-state index contributed by atoms with van der Waals surface area (Å²) in [6.45, 7) is 5.39. The molecule has 2 heterocycles. The minimum Gasteiger partial charge on any atom is -0.314 e. The predicted octanol–water partition coefficient (Wildman–Crippen LogP) is 3.09. The average molecular weight is 259 g/mol. The van der Waals surface area contributed by atoms with E-state index < -0.39 is 0 Å². The third kappa shape index (κ3) is 2.13. The number of benzene rings is 1. The van der Waals surface area contributed by atoms with E-state index in [4.69, 9.17) is 0 Å². The Balaban J connectivity index is 1.86. The maximum atomic E-state index is 4.34. The molecule has 0 bridgehead atoms. The highest BCUT2D eigenvalue weighted by atomic mass is 32.1. The van der Waals surface area contributed by atoms with Crippen LogP contribution in [0.25, 0.3) is 15.2 Å². The normalized spacial score (nSPS) is 11.9. The number of thiazole rings is 1. The molecule has 0 saturated heterocycles. The summed E-state index contributed by atoms with van der Waals surface area (Å²) in [5.74, 6) is 0. The molecule has 0 spiro atoms. The molecule has 0 aliphatic carbocycles. The van der Waals surface area contributed by atoms with Gasteiger partial charge in [-0.25, -0.2) is 4.98 Å². The molecule has 0 saturated carbocycles. The summed E-state index contributed by atoms with van der Waals surface area (Å²) in [6, 6.07) is 7.26. The van der Waals surface area contributed by atoms with E-state index in [2.05, 4.69) is 46.7 Å². The highest BCUT2D eigenvalue weighted by Gasteiger charge is 2.05. The molecule has 4 heteroatoms. The molecule has 3 rings (SSSR count). The van der Waals surface area contributed by atoms with Gasteiger partial charge in [-0.1, -0.05) is 31.3 Å². The predicted molar refractivity (Wildman–Crippen MR) is 77.4 cm³/mol. The molecule has 0 radical (unpaired) electrons. The lowest BCUT2D eigenvalue weighted by Gasteiger charge is -2.07. The van der Waals surface area contributed by atoms with Crippen LogP contribution in [0.4, 0.5) is 0 Å². The van der Waals surface area contributed by atoms with Crippen molar-refractivity contribution in [3.63, 3.8) is 0 Å². The number of nitrogens with zero attached hydrogens (tertiary/aromatic N) is 2. The topological polar surface area (TPSA) is 29.3 Å². The first kappa shape index (κ1) is 11.7. The van der Waals surface area contributed by atoms with Crippen molar-refractivity contribution in [2.24, 2.45) is 0 Å². The lowest BCUT2D eigenvalue weighted by atomic mass is 10.1. The summed E-state index contributed by atoms with van der Waals surface area (Å²) in [7, 11) is 0. The van der Waals surface area contributed by atoms with Crippen molar-refractivity contribution < 1.29 is 0 Å². The van der Waals surface area contributed by atoms with Gasteiger partial charge in [-0.3, -0.25) is 4.40 Å². The number of hydrogen-bond donors (Lipinski definition) is 1. The van der Waals surface area contributed by atoms with E-state index >= 15 is 0 Å². The number of rotatable bonds is 4. The van der Waals surface area contributed by atoms with Crippen molar-refractivity contribution in [1.82, 2.24) is 14.7 Å². The van der Waals surface area contributed by atoms with Crippen molar-refractivity contribution in [3.8, 4) is 0 Å². The van der Waals surface area contributed by atoms with E-state index in [1.165, 1.54) is 15.8 Å². The van der Waals surface area contributed by atoms with Gasteiger partial charge < -0.3 is 5.32 Å². The molecule has 3 nitrogen and oxygen atoms in total. The Morgan fingerprint density at radius 1 is 1.39 bits per heavy atom. The Hall–Kier alpha value is -1.39. The molecule has 2 aromatic heterocycles. The molecular weight excluding hydrogens is 242 g/mol. The summed E-state index contributed by atoms with van der Waals surface area (Å²) in [5, 5.41) is 3.45. The molecule has 1 N–H and O–H groups in total. The van der Waals surface area contributed by atoms with E-state index in [1.54, 1.807) is 11.3 Å². The van der Waals surface area contributed by atoms with E-state index in [9.17, 15) is 0 Å². The summed E-state index contributed by atoms with van der Waals surface area (Å²) in [4.78, 5) is 5.41. The van der Waals surface area contributed by atoms with Crippen molar-refractivity contribution >= 4 is 26.5 Å². The first-order valence-electron chi connectivity index (χ1n) is 6.32. The lowest BCUT2D eigenvalue weighted by molar-refractivity contribution is 0.590. The van der Waals surface area contributed by atoms with Crippen molar-refractivity contribution in [2.75, 3.05) is 6.54 Å². The second-order valence-electron chi connectivity index (χ2n) is 4.84. The maximum absolute atomic E-state index is 4.34. The zero-order chi connectivity index (χ0) is 12.5. The summed E-state index contributed by atoms with van der Waals surface area (Å²) < 4.78 is 3.47. The van der Waals surface area contributed by atoms with E-state index in [1.807, 2.05) is 12.4 Å². The van der Waals surface area contributed by atoms with Crippen LogP contribution < -0.4 is 5.32 Å². The standard InChI is InChI=1S/C14H17N3S/c1-10(2)15-6-5-11-3-4-12-13(9-11)18-14-16-7-8-17(12)14/h3-4,7-10,15H,5-6H2,1-2H3. The van der Waals surface area contributed by atoms with Gasteiger partial charge in [0.2, 0.25) is 0 Å². The fraction of sp³-hybridized carbons (Fsp3) is 0.357. The number of hydrogen-bond acceptors (Lipinski definition) is 3. The van der Waals surface area contributed by atoms with Gasteiger partial charge in [0.15, 0.2) is 4.96 Å². The van der Waals surface area contributed by atoms with E-state index in [-0.39, 0.29) is 0 Å². The Morgan fingerprint density at radius 3 is 3.11 bits per heavy atom. The Bertz CT molecular complexity index is 666. The third-order valence-electron chi connectivity index (χ3n) is 3.06. The molecule has 0 unspecified atom stereocenters. The van der Waals surface area contributed by atoms with E-state index in [0.29, 0.717) is 6.04 Å². The fourth-order valence-corrected chi connectivity index (χ4v) is 3.20. The van der Waals surface area contributed by atoms with Crippen molar-refractivity contribution in [1.29, 1.82) is 0 Å². The largest absolute Gasteiger partial charge is 0.314 e. The monoisotopic (exact) mass is 259 g/mol. The number of fused-ring (bicyclic) bond motifs is 3. The lowest BCUT2D eigenvalue weighted by Crippen LogP contribution is -2.24. The van der Waals surface area contributed by atoms with Crippen LogP contribution in [-0.4, -0.2) is 22.0 Å². The number of nitrogens with one attached hydrogen (secondary N) is 1. The van der Waals surface area contributed by atoms with Crippen LogP contribution in [0.3, 0.4) is 0 Å². The van der Waals surface area contributed by atoms with Gasteiger partial charge in [-0.15, -0.1) is 0 Å². The van der Waals surface area contributed by atoms with Gasteiger partial charge in [0.05, 0.1) is 10.2 Å². The highest BCUT2D eigenvalue weighted by molar-refractivity contribution is 7.23. The molecule has 0 fully saturated rings. The zero-order valence-corrected chi connectivity index (χ0v) is 11.5. The van der Waals surface area contributed by atoms with Crippen molar-refractivity contribution in [3.05, 3.63) is 36.2 Å². The highest BCUT2D eigenvalue weighted by Crippen LogP contribution is 2.26. The van der Waals surface area contributed by atoms with Crippen LogP contribution in [0.5, 0.6) is 0 Å². The smallest absolute Gasteiger partial charge is 0.194 e. The Morgan fingerprint density at radius 2 is 2.28 bits per heavy atom. The SMILES string of the molecule is CC(C)NCCc1ccc2c(c1)sc1nccn12. The average Bonchev–Trinajstić information content (AvgIpc) is 2.87. The van der Waals surface area contributed by atoms with Gasteiger partial charge in [-0.05, 0) is 30.7 Å². The molecule has 0 aliphatic rings. The quantitative estimate of drug-likeness (QED) is 0.780. The molecule has 1 aromatic carbocycles. The van der Waals surface area contributed by atoms with Crippen LogP contribution in [0.15, 0.2) is 30.6 Å². The maximum Gasteiger partial charge on any atom is 0.194 e. The van der Waals surface area contributed by atoms with Gasteiger partial charge in [0.25, 0.3) is 0 Å². The van der Waals surface area contributed by atoms with Crippen molar-refractivity contribution in [2.45, 2.75) is 26.3 Å². The summed E-state index contributed by atoms with van der Waals surface area (Å²) in [6.07, 6.45) is 4.95. The van der Waals surface area contributed by atoms with Gasteiger partial charge in [-0.2, -0.15) is 0 Å². The molecule has 18 heavy (non-hydrogen) atoms. The Labute approximate surface area is 110 Å². The second-order valence-corrected chi connectivity index (χ2v) is 5.85. The molecule has 0 atom stereocenters. The third-order valence-corrected chi connectivity index (χ3v) is 4.09. The van der Waals surface area contributed by atoms with Gasteiger partial charge in [0, 0.05) is 18.4 Å². The molecule has 3 aromatic rings. The molecule has 0 amide bonds. The molecular formula is C14H17N3S. The van der Waals surface area contributed by atoms with Crippen LogP contribution in [0.2, 0.25) is 0 Å². The Kier molecular flexibility index (Phi) is 3.06. The van der Waals surface area contributed by atoms with Crippen LogP contribution in [0.1, 0.15) is 19.4 Å². The summed E-state index contributed by atoms with van der Waals surface area (Å²) >= 11 is 1.75.